The molecular formula is C22H34O2. The van der Waals surface area contributed by atoms with Crippen LogP contribution in [-0.4, -0.2) is 17.0 Å². The van der Waals surface area contributed by atoms with E-state index in [9.17, 15) is 9.90 Å². The summed E-state index contributed by atoms with van der Waals surface area (Å²) in [5.74, 6) is 3.56. The average molecular weight is 331 g/mol. The molecule has 0 aromatic rings. The Morgan fingerprint density at radius 1 is 1.12 bits per heavy atom. The molecule has 2 nitrogen and oxygen atoms in total. The topological polar surface area (TPSA) is 37.3 Å². The molecule has 0 bridgehead atoms. The zero-order valence-electron chi connectivity index (χ0n) is 15.5. The average Bonchev–Trinajstić information content (AvgIpc) is 2.85. The SMILES string of the molecule is C=CC[C@@H]1C[C@@]2(C)[C@@H](CC[C@@H]3[C@@H]2CC[C@]2(C)[C@@H](O)CC[C@@H]32)CC1=O. The standard InChI is InChI=1S/C22H34O2/c1-4-5-14-13-22(3)15(12-19(14)23)6-7-16-17-8-9-20(24)21(17,2)11-10-18(16)22/h4,14-18,20,24H,1,5-13H2,2-3H3/t14-,15+,16+,17+,18+,20+,21+,22+/m1/s1. The molecule has 4 saturated carbocycles. The fraction of sp³-hybridized carbons (Fsp3) is 0.864. The number of rotatable bonds is 2. The second-order valence-corrected chi connectivity index (χ2v) is 9.89. The number of hydrogen-bond acceptors (Lipinski definition) is 2. The van der Waals surface area contributed by atoms with Gasteiger partial charge in [-0.25, -0.2) is 0 Å². The van der Waals surface area contributed by atoms with Crippen LogP contribution in [0.2, 0.25) is 0 Å². The summed E-state index contributed by atoms with van der Waals surface area (Å²) in [6, 6.07) is 0. The van der Waals surface area contributed by atoms with Gasteiger partial charge in [-0.2, -0.15) is 0 Å². The van der Waals surface area contributed by atoms with Crippen LogP contribution in [0.5, 0.6) is 0 Å². The lowest BCUT2D eigenvalue weighted by atomic mass is 9.44. The van der Waals surface area contributed by atoms with Gasteiger partial charge in [-0.3, -0.25) is 4.79 Å². The molecule has 4 fully saturated rings. The van der Waals surface area contributed by atoms with Crippen LogP contribution in [0.4, 0.5) is 0 Å². The molecule has 0 unspecified atom stereocenters. The van der Waals surface area contributed by atoms with Gasteiger partial charge in [-0.1, -0.05) is 19.9 Å². The first-order chi connectivity index (χ1) is 11.4. The van der Waals surface area contributed by atoms with Crippen LogP contribution in [0.1, 0.15) is 71.6 Å². The highest BCUT2D eigenvalue weighted by atomic mass is 16.3. The summed E-state index contributed by atoms with van der Waals surface area (Å²) in [5.41, 5.74) is 0.495. The molecule has 0 aliphatic heterocycles. The number of allylic oxidation sites excluding steroid dienone is 1. The van der Waals surface area contributed by atoms with Gasteiger partial charge in [0.2, 0.25) is 0 Å². The zero-order chi connectivity index (χ0) is 17.1. The lowest BCUT2D eigenvalue weighted by Crippen LogP contribution is -2.55. The van der Waals surface area contributed by atoms with Crippen molar-refractivity contribution in [2.24, 2.45) is 40.4 Å². The molecule has 24 heavy (non-hydrogen) atoms. The van der Waals surface area contributed by atoms with Crippen molar-refractivity contribution in [3.05, 3.63) is 12.7 Å². The molecule has 4 aliphatic carbocycles. The number of aliphatic hydroxyl groups is 1. The van der Waals surface area contributed by atoms with Gasteiger partial charge in [0.25, 0.3) is 0 Å². The molecule has 2 heteroatoms. The van der Waals surface area contributed by atoms with Gasteiger partial charge >= 0.3 is 0 Å². The quantitative estimate of drug-likeness (QED) is 0.741. The second kappa shape index (κ2) is 5.69. The van der Waals surface area contributed by atoms with Crippen LogP contribution < -0.4 is 0 Å². The monoisotopic (exact) mass is 330 g/mol. The Bertz CT molecular complexity index is 540. The van der Waals surface area contributed by atoms with E-state index in [1.807, 2.05) is 6.08 Å². The fourth-order valence-corrected chi connectivity index (χ4v) is 7.63. The smallest absolute Gasteiger partial charge is 0.136 e. The maximum absolute atomic E-state index is 12.5. The summed E-state index contributed by atoms with van der Waals surface area (Å²) in [4.78, 5) is 12.5. The third-order valence-electron chi connectivity index (χ3n) is 9.06. The number of fused-ring (bicyclic) bond motifs is 5. The van der Waals surface area contributed by atoms with Crippen LogP contribution >= 0.6 is 0 Å². The van der Waals surface area contributed by atoms with Gasteiger partial charge in [0, 0.05) is 12.3 Å². The van der Waals surface area contributed by atoms with Crippen molar-refractivity contribution in [3.8, 4) is 0 Å². The van der Waals surface area contributed by atoms with E-state index < -0.39 is 0 Å². The molecule has 0 amide bonds. The third-order valence-corrected chi connectivity index (χ3v) is 9.06. The Balaban J connectivity index is 1.62. The number of carbonyl (C=O) groups is 1. The van der Waals surface area contributed by atoms with Crippen LogP contribution in [0.3, 0.4) is 0 Å². The minimum absolute atomic E-state index is 0.0876. The Kier molecular flexibility index (Phi) is 3.99. The Morgan fingerprint density at radius 2 is 1.88 bits per heavy atom. The van der Waals surface area contributed by atoms with Crippen LogP contribution in [0.25, 0.3) is 0 Å². The highest BCUT2D eigenvalue weighted by Crippen LogP contribution is 2.66. The van der Waals surface area contributed by atoms with Crippen LogP contribution in [-0.2, 0) is 4.79 Å². The van der Waals surface area contributed by atoms with E-state index in [4.69, 9.17) is 0 Å². The number of hydrogen-bond donors (Lipinski definition) is 1. The summed E-state index contributed by atoms with van der Waals surface area (Å²) in [5, 5.41) is 10.6. The van der Waals surface area contributed by atoms with Crippen LogP contribution in [0, 0.1) is 40.4 Å². The molecule has 8 atom stereocenters. The van der Waals surface area contributed by atoms with Crippen LogP contribution in [0.15, 0.2) is 12.7 Å². The first-order valence-corrected chi connectivity index (χ1v) is 10.2. The Hall–Kier alpha value is -0.630. The predicted molar refractivity (Wildman–Crippen MR) is 96.4 cm³/mol. The van der Waals surface area contributed by atoms with Crippen molar-refractivity contribution in [2.75, 3.05) is 0 Å². The third kappa shape index (κ3) is 2.21. The van der Waals surface area contributed by atoms with Gasteiger partial charge in [-0.05, 0) is 85.9 Å². The van der Waals surface area contributed by atoms with E-state index in [1.54, 1.807) is 0 Å². The van der Waals surface area contributed by atoms with Crippen molar-refractivity contribution in [2.45, 2.75) is 77.7 Å². The first kappa shape index (κ1) is 16.8. The summed E-state index contributed by atoms with van der Waals surface area (Å²) in [6.45, 7) is 8.74. The highest BCUT2D eigenvalue weighted by Gasteiger charge is 2.60. The molecule has 0 radical (unpaired) electrons. The van der Waals surface area contributed by atoms with E-state index in [0.717, 1.165) is 37.5 Å². The molecular weight excluding hydrogens is 296 g/mol. The van der Waals surface area contributed by atoms with E-state index >= 15 is 0 Å². The lowest BCUT2D eigenvalue weighted by molar-refractivity contribution is -0.149. The summed E-state index contributed by atoms with van der Waals surface area (Å²) in [6.07, 6.45) is 11.8. The summed E-state index contributed by atoms with van der Waals surface area (Å²) in [7, 11) is 0. The molecule has 0 heterocycles. The van der Waals surface area contributed by atoms with Gasteiger partial charge in [0.15, 0.2) is 0 Å². The fourth-order valence-electron chi connectivity index (χ4n) is 7.63. The van der Waals surface area contributed by atoms with Crippen molar-refractivity contribution in [1.82, 2.24) is 0 Å². The second-order valence-electron chi connectivity index (χ2n) is 9.89. The molecule has 0 aromatic carbocycles. The number of ketones is 1. The maximum Gasteiger partial charge on any atom is 0.136 e. The zero-order valence-corrected chi connectivity index (χ0v) is 15.5. The van der Waals surface area contributed by atoms with Gasteiger partial charge in [0.05, 0.1) is 6.10 Å². The summed E-state index contributed by atoms with van der Waals surface area (Å²) < 4.78 is 0. The Labute approximate surface area is 147 Å². The number of aliphatic hydroxyl groups excluding tert-OH is 1. The van der Waals surface area contributed by atoms with Crippen molar-refractivity contribution in [3.63, 3.8) is 0 Å². The minimum Gasteiger partial charge on any atom is -0.393 e. The summed E-state index contributed by atoms with van der Waals surface area (Å²) >= 11 is 0. The van der Waals surface area contributed by atoms with Crippen molar-refractivity contribution >= 4 is 5.78 Å². The molecule has 134 valence electrons. The van der Waals surface area contributed by atoms with E-state index in [-0.39, 0.29) is 17.4 Å². The normalized spacial score (nSPS) is 53.9. The molecule has 0 aromatic heterocycles. The maximum atomic E-state index is 12.5. The van der Waals surface area contributed by atoms with Gasteiger partial charge in [-0.15, -0.1) is 6.58 Å². The number of Topliss-reactive ketones (excluding diaryl/α,β-unsaturated/α-hetero) is 1. The van der Waals surface area contributed by atoms with E-state index in [0.29, 0.717) is 23.0 Å². The largest absolute Gasteiger partial charge is 0.393 e. The van der Waals surface area contributed by atoms with E-state index in [2.05, 4.69) is 20.4 Å². The number of carbonyl (C=O) groups excluding carboxylic acids is 1. The Morgan fingerprint density at radius 3 is 2.62 bits per heavy atom. The van der Waals surface area contributed by atoms with Crippen molar-refractivity contribution in [1.29, 1.82) is 0 Å². The molecule has 0 spiro atoms. The lowest BCUT2D eigenvalue weighted by Gasteiger charge is -2.60. The molecule has 4 aliphatic rings. The predicted octanol–water partition coefficient (Wildman–Crippen LogP) is 4.76. The molecule has 0 saturated heterocycles. The van der Waals surface area contributed by atoms with Gasteiger partial charge in [0.1, 0.15) is 5.78 Å². The molecule has 1 N–H and O–H groups in total. The first-order valence-electron chi connectivity index (χ1n) is 10.2. The van der Waals surface area contributed by atoms with Crippen molar-refractivity contribution < 1.29 is 9.90 Å². The van der Waals surface area contributed by atoms with Gasteiger partial charge < -0.3 is 5.11 Å². The molecule has 4 rings (SSSR count). The van der Waals surface area contributed by atoms with E-state index in [1.165, 1.54) is 32.1 Å². The highest BCUT2D eigenvalue weighted by molar-refractivity contribution is 5.82. The minimum atomic E-state index is -0.0876.